The minimum absolute atomic E-state index is 0.339. The van der Waals surface area contributed by atoms with Crippen LogP contribution in [0.4, 0.5) is 18.3 Å². The third kappa shape index (κ3) is 3.97. The second-order valence-corrected chi connectivity index (χ2v) is 6.38. The lowest BCUT2D eigenvalue weighted by Gasteiger charge is -2.34. The van der Waals surface area contributed by atoms with Crippen molar-refractivity contribution in [3.05, 3.63) is 34.6 Å². The van der Waals surface area contributed by atoms with Crippen LogP contribution < -0.4 is 4.90 Å². The second-order valence-electron chi connectivity index (χ2n) is 5.42. The lowest BCUT2D eigenvalue weighted by Crippen LogP contribution is -2.46. The second kappa shape index (κ2) is 6.40. The van der Waals surface area contributed by atoms with Gasteiger partial charge in [-0.3, -0.25) is 9.88 Å². The van der Waals surface area contributed by atoms with Gasteiger partial charge in [-0.25, -0.2) is 0 Å². The summed E-state index contributed by atoms with van der Waals surface area (Å²) in [7, 11) is 0. The first-order valence-electron chi connectivity index (χ1n) is 7.22. The van der Waals surface area contributed by atoms with Crippen molar-refractivity contribution in [1.29, 1.82) is 0 Å². The maximum Gasteiger partial charge on any atom is 0.445 e. The summed E-state index contributed by atoms with van der Waals surface area (Å²) in [6.07, 6.45) is -4.42. The molecule has 3 rings (SSSR count). The van der Waals surface area contributed by atoms with E-state index in [4.69, 9.17) is 0 Å². The summed E-state index contributed by atoms with van der Waals surface area (Å²) >= 11 is 0.601. The average Bonchev–Trinajstić information content (AvgIpc) is 2.98. The highest BCUT2D eigenvalue weighted by Crippen LogP contribution is 2.34. The van der Waals surface area contributed by atoms with Gasteiger partial charge >= 0.3 is 6.18 Å². The molecule has 0 amide bonds. The van der Waals surface area contributed by atoms with Gasteiger partial charge in [0.05, 0.1) is 5.69 Å². The van der Waals surface area contributed by atoms with E-state index in [2.05, 4.69) is 20.1 Å². The summed E-state index contributed by atoms with van der Waals surface area (Å²) < 4.78 is 37.7. The van der Waals surface area contributed by atoms with Gasteiger partial charge in [0, 0.05) is 38.4 Å². The Morgan fingerprint density at radius 1 is 1.13 bits per heavy atom. The van der Waals surface area contributed by atoms with Crippen LogP contribution >= 0.6 is 11.3 Å². The summed E-state index contributed by atoms with van der Waals surface area (Å²) in [6, 6.07) is 5.92. The van der Waals surface area contributed by atoms with E-state index in [9.17, 15) is 13.2 Å². The zero-order chi connectivity index (χ0) is 16.4. The summed E-state index contributed by atoms with van der Waals surface area (Å²) in [5, 5.41) is 6.36. The van der Waals surface area contributed by atoms with Crippen molar-refractivity contribution < 1.29 is 13.2 Å². The Bertz CT molecular complexity index is 664. The number of aromatic nitrogens is 3. The van der Waals surface area contributed by atoms with Crippen LogP contribution in [-0.2, 0) is 12.7 Å². The van der Waals surface area contributed by atoms with Crippen molar-refractivity contribution in [1.82, 2.24) is 20.1 Å². The fourth-order valence-corrected chi connectivity index (χ4v) is 3.24. The van der Waals surface area contributed by atoms with Crippen molar-refractivity contribution in [3.63, 3.8) is 0 Å². The van der Waals surface area contributed by atoms with Gasteiger partial charge in [-0.05, 0) is 19.1 Å². The number of nitrogens with zero attached hydrogens (tertiary/aromatic N) is 5. The highest BCUT2D eigenvalue weighted by atomic mass is 32.1. The maximum absolute atomic E-state index is 12.6. The Morgan fingerprint density at radius 2 is 1.87 bits per heavy atom. The summed E-state index contributed by atoms with van der Waals surface area (Å²) in [5.74, 6) is 0. The molecule has 0 unspecified atom stereocenters. The largest absolute Gasteiger partial charge is 0.445 e. The normalized spacial score (nSPS) is 16.8. The van der Waals surface area contributed by atoms with Crippen LogP contribution in [0, 0.1) is 6.92 Å². The molecule has 0 aliphatic carbocycles. The number of halogens is 3. The lowest BCUT2D eigenvalue weighted by atomic mass is 10.2. The Hall–Kier alpha value is -1.74. The van der Waals surface area contributed by atoms with Gasteiger partial charge in [0.15, 0.2) is 0 Å². The predicted molar refractivity (Wildman–Crippen MR) is 81.4 cm³/mol. The van der Waals surface area contributed by atoms with Crippen molar-refractivity contribution >= 4 is 16.5 Å². The third-order valence-electron chi connectivity index (χ3n) is 3.63. The van der Waals surface area contributed by atoms with Gasteiger partial charge in [0.2, 0.25) is 10.1 Å². The molecule has 1 aliphatic rings. The fraction of sp³-hybridized carbons (Fsp3) is 0.500. The number of pyridine rings is 1. The molecular formula is C14H16F3N5S. The lowest BCUT2D eigenvalue weighted by molar-refractivity contribution is -0.138. The molecule has 23 heavy (non-hydrogen) atoms. The smallest absolute Gasteiger partial charge is 0.344 e. The molecule has 1 aliphatic heterocycles. The zero-order valence-corrected chi connectivity index (χ0v) is 13.4. The molecule has 0 bridgehead atoms. The molecule has 0 spiro atoms. The van der Waals surface area contributed by atoms with Crippen molar-refractivity contribution in [3.8, 4) is 0 Å². The fourth-order valence-electron chi connectivity index (χ4n) is 2.47. The number of hydrogen-bond acceptors (Lipinski definition) is 6. The number of hydrogen-bond donors (Lipinski definition) is 0. The molecule has 0 atom stereocenters. The maximum atomic E-state index is 12.6. The number of rotatable bonds is 3. The van der Waals surface area contributed by atoms with Crippen LogP contribution in [-0.4, -0.2) is 46.3 Å². The quantitative estimate of drug-likeness (QED) is 0.857. The van der Waals surface area contributed by atoms with E-state index in [-0.39, 0.29) is 0 Å². The Labute approximate surface area is 135 Å². The molecule has 5 nitrogen and oxygen atoms in total. The first kappa shape index (κ1) is 16.1. The van der Waals surface area contributed by atoms with Gasteiger partial charge in [-0.15, -0.1) is 10.2 Å². The van der Waals surface area contributed by atoms with Gasteiger partial charge in [-0.2, -0.15) is 13.2 Å². The minimum Gasteiger partial charge on any atom is -0.344 e. The molecule has 0 N–H and O–H groups in total. The van der Waals surface area contributed by atoms with Gasteiger partial charge in [0.25, 0.3) is 0 Å². The van der Waals surface area contributed by atoms with Crippen LogP contribution in [0.15, 0.2) is 18.2 Å². The van der Waals surface area contributed by atoms with E-state index in [1.807, 2.05) is 30.0 Å². The molecule has 0 aromatic carbocycles. The molecule has 1 saturated heterocycles. The Balaban J connectivity index is 1.57. The van der Waals surface area contributed by atoms with E-state index < -0.39 is 11.2 Å². The van der Waals surface area contributed by atoms with Crippen molar-refractivity contribution in [2.24, 2.45) is 0 Å². The van der Waals surface area contributed by atoms with E-state index >= 15 is 0 Å². The molecule has 0 saturated carbocycles. The first-order chi connectivity index (χ1) is 10.9. The van der Waals surface area contributed by atoms with Gasteiger partial charge < -0.3 is 4.90 Å². The number of anilines is 1. The molecule has 3 heterocycles. The highest BCUT2D eigenvalue weighted by Gasteiger charge is 2.36. The van der Waals surface area contributed by atoms with E-state index in [0.29, 0.717) is 29.6 Å². The highest BCUT2D eigenvalue weighted by molar-refractivity contribution is 7.15. The van der Waals surface area contributed by atoms with Crippen LogP contribution in [0.1, 0.15) is 16.4 Å². The average molecular weight is 343 g/mol. The standard InChI is InChI=1S/C14H16F3N5S/c1-10-3-2-4-11(18-10)9-21-5-7-22(8-6-21)13-20-19-12(23-13)14(15,16)17/h2-4H,5-9H2,1H3. The summed E-state index contributed by atoms with van der Waals surface area (Å²) in [6.45, 7) is 5.50. The first-order valence-corrected chi connectivity index (χ1v) is 8.04. The molecule has 2 aromatic rings. The number of piperazine rings is 1. The summed E-state index contributed by atoms with van der Waals surface area (Å²) in [5.41, 5.74) is 1.99. The van der Waals surface area contributed by atoms with Crippen LogP contribution in [0.25, 0.3) is 0 Å². The molecule has 9 heteroatoms. The van der Waals surface area contributed by atoms with Crippen LogP contribution in [0.2, 0.25) is 0 Å². The molecular weight excluding hydrogens is 327 g/mol. The number of aryl methyl sites for hydroxylation is 1. The third-order valence-corrected chi connectivity index (χ3v) is 4.66. The molecule has 124 valence electrons. The molecule has 1 fully saturated rings. The van der Waals surface area contributed by atoms with E-state index in [1.54, 1.807) is 0 Å². The minimum atomic E-state index is -4.42. The monoisotopic (exact) mass is 343 g/mol. The predicted octanol–water partition coefficient (Wildman–Crippen LogP) is 2.58. The van der Waals surface area contributed by atoms with E-state index in [1.165, 1.54) is 0 Å². The van der Waals surface area contributed by atoms with Crippen molar-refractivity contribution in [2.75, 3.05) is 31.1 Å². The zero-order valence-electron chi connectivity index (χ0n) is 12.5. The number of alkyl halides is 3. The van der Waals surface area contributed by atoms with E-state index in [0.717, 1.165) is 31.0 Å². The molecule has 2 aromatic heterocycles. The van der Waals surface area contributed by atoms with Crippen molar-refractivity contribution in [2.45, 2.75) is 19.6 Å². The van der Waals surface area contributed by atoms with Crippen LogP contribution in [0.5, 0.6) is 0 Å². The summed E-state index contributed by atoms with van der Waals surface area (Å²) in [4.78, 5) is 8.57. The van der Waals surface area contributed by atoms with Crippen LogP contribution in [0.3, 0.4) is 0 Å². The molecule has 0 radical (unpaired) electrons. The van der Waals surface area contributed by atoms with Gasteiger partial charge in [0.1, 0.15) is 0 Å². The Kier molecular flexibility index (Phi) is 4.49. The Morgan fingerprint density at radius 3 is 2.48 bits per heavy atom. The van der Waals surface area contributed by atoms with Gasteiger partial charge in [-0.1, -0.05) is 17.4 Å². The topological polar surface area (TPSA) is 45.2 Å². The SMILES string of the molecule is Cc1cccc(CN2CCN(c3nnc(C(F)(F)F)s3)CC2)n1.